The fourth-order valence-electron chi connectivity index (χ4n) is 2.84. The summed E-state index contributed by atoms with van der Waals surface area (Å²) in [6.45, 7) is 3.59. The SMILES string of the molecule is Cc1nc(Nc2cc(C(F)(F)F)ccc2Cl)cc(N2CCCCC2)n1. The second-order valence-electron chi connectivity index (χ2n) is 6.02. The first kappa shape index (κ1) is 17.8. The largest absolute Gasteiger partial charge is 0.416 e. The predicted molar refractivity (Wildman–Crippen MR) is 92.6 cm³/mol. The third-order valence-electron chi connectivity index (χ3n) is 4.06. The molecule has 1 aromatic heterocycles. The van der Waals surface area contributed by atoms with Gasteiger partial charge < -0.3 is 10.2 Å². The Bertz CT molecular complexity index is 758. The van der Waals surface area contributed by atoms with Crippen LogP contribution < -0.4 is 10.2 Å². The molecule has 25 heavy (non-hydrogen) atoms. The van der Waals surface area contributed by atoms with Crippen molar-refractivity contribution in [3.8, 4) is 0 Å². The van der Waals surface area contributed by atoms with Crippen LogP contribution in [0.4, 0.5) is 30.5 Å². The van der Waals surface area contributed by atoms with Crippen LogP contribution in [0.5, 0.6) is 0 Å². The lowest BCUT2D eigenvalue weighted by Crippen LogP contribution is -2.30. The Morgan fingerprint density at radius 3 is 2.48 bits per heavy atom. The zero-order chi connectivity index (χ0) is 18.0. The van der Waals surface area contributed by atoms with Gasteiger partial charge in [0.25, 0.3) is 0 Å². The van der Waals surface area contributed by atoms with E-state index in [0.717, 1.165) is 43.9 Å². The fourth-order valence-corrected chi connectivity index (χ4v) is 3.00. The maximum atomic E-state index is 12.9. The maximum Gasteiger partial charge on any atom is 0.416 e. The van der Waals surface area contributed by atoms with Gasteiger partial charge in [0.05, 0.1) is 16.3 Å². The van der Waals surface area contributed by atoms with E-state index in [9.17, 15) is 13.2 Å². The van der Waals surface area contributed by atoms with Crippen LogP contribution in [0.15, 0.2) is 24.3 Å². The lowest BCUT2D eigenvalue weighted by molar-refractivity contribution is -0.137. The van der Waals surface area contributed by atoms with E-state index < -0.39 is 11.7 Å². The van der Waals surface area contributed by atoms with E-state index >= 15 is 0 Å². The van der Waals surface area contributed by atoms with E-state index in [-0.39, 0.29) is 10.7 Å². The number of aryl methyl sites for hydroxylation is 1. The molecule has 0 radical (unpaired) electrons. The van der Waals surface area contributed by atoms with Gasteiger partial charge in [0.2, 0.25) is 0 Å². The van der Waals surface area contributed by atoms with E-state index in [2.05, 4.69) is 20.2 Å². The second kappa shape index (κ2) is 7.07. The zero-order valence-electron chi connectivity index (χ0n) is 13.7. The topological polar surface area (TPSA) is 41.1 Å². The highest BCUT2D eigenvalue weighted by Crippen LogP contribution is 2.35. The highest BCUT2D eigenvalue weighted by atomic mass is 35.5. The van der Waals surface area contributed by atoms with Gasteiger partial charge in [-0.2, -0.15) is 13.2 Å². The van der Waals surface area contributed by atoms with Gasteiger partial charge in [-0.3, -0.25) is 0 Å². The van der Waals surface area contributed by atoms with Crippen molar-refractivity contribution in [3.05, 3.63) is 40.7 Å². The molecule has 1 aliphatic rings. The fraction of sp³-hybridized carbons (Fsp3) is 0.412. The maximum absolute atomic E-state index is 12.9. The summed E-state index contributed by atoms with van der Waals surface area (Å²) < 4.78 is 38.7. The van der Waals surface area contributed by atoms with Crippen LogP contribution in [0.1, 0.15) is 30.7 Å². The Morgan fingerprint density at radius 1 is 1.08 bits per heavy atom. The highest BCUT2D eigenvalue weighted by Gasteiger charge is 2.31. The average Bonchev–Trinajstić information content (AvgIpc) is 2.56. The van der Waals surface area contributed by atoms with Crippen LogP contribution in [0.3, 0.4) is 0 Å². The molecular formula is C17H18ClF3N4. The number of hydrogen-bond donors (Lipinski definition) is 1. The zero-order valence-corrected chi connectivity index (χ0v) is 14.5. The van der Waals surface area contributed by atoms with Gasteiger partial charge in [-0.05, 0) is 44.4 Å². The van der Waals surface area contributed by atoms with Gasteiger partial charge in [0.1, 0.15) is 17.5 Å². The Hall–Kier alpha value is -2.02. The number of hydrogen-bond acceptors (Lipinski definition) is 4. The predicted octanol–water partition coefficient (Wildman–Crippen LogP) is 5.19. The van der Waals surface area contributed by atoms with Crippen LogP contribution in [0, 0.1) is 6.92 Å². The molecule has 2 aromatic rings. The van der Waals surface area contributed by atoms with Gasteiger partial charge >= 0.3 is 6.18 Å². The van der Waals surface area contributed by atoms with Gasteiger partial charge in [0.15, 0.2) is 0 Å². The number of anilines is 3. The average molecular weight is 371 g/mol. The third-order valence-corrected chi connectivity index (χ3v) is 4.39. The van der Waals surface area contributed by atoms with Crippen molar-refractivity contribution in [2.24, 2.45) is 0 Å². The summed E-state index contributed by atoms with van der Waals surface area (Å²) >= 11 is 6.04. The molecule has 1 aliphatic heterocycles. The number of halogens is 4. The highest BCUT2D eigenvalue weighted by molar-refractivity contribution is 6.33. The third kappa shape index (κ3) is 4.34. The first-order chi connectivity index (χ1) is 11.8. The molecule has 4 nitrogen and oxygen atoms in total. The van der Waals surface area contributed by atoms with E-state index in [1.54, 1.807) is 13.0 Å². The first-order valence-corrected chi connectivity index (χ1v) is 8.45. The number of nitrogens with zero attached hydrogens (tertiary/aromatic N) is 3. The summed E-state index contributed by atoms with van der Waals surface area (Å²) in [4.78, 5) is 10.9. The lowest BCUT2D eigenvalue weighted by atomic mass is 10.1. The minimum atomic E-state index is -4.43. The van der Waals surface area contributed by atoms with Crippen LogP contribution in [0.2, 0.25) is 5.02 Å². The Kier molecular flexibility index (Phi) is 5.03. The summed E-state index contributed by atoms with van der Waals surface area (Å²) in [5.41, 5.74) is -0.597. The van der Waals surface area contributed by atoms with E-state index in [0.29, 0.717) is 11.6 Å². The van der Waals surface area contributed by atoms with E-state index in [1.807, 2.05) is 0 Å². The Labute approximate surface area is 149 Å². The molecule has 8 heteroatoms. The number of alkyl halides is 3. The standard InChI is InChI=1S/C17H18ClF3N4/c1-11-22-15(10-16(23-11)25-7-3-2-4-8-25)24-14-9-12(17(19,20)21)5-6-13(14)18/h5-6,9-10H,2-4,7-8H2,1H3,(H,22,23,24). The van der Waals surface area contributed by atoms with Crippen LogP contribution in [-0.4, -0.2) is 23.1 Å². The van der Waals surface area contributed by atoms with Crippen LogP contribution in [-0.2, 0) is 6.18 Å². The van der Waals surface area contributed by atoms with Crippen LogP contribution >= 0.6 is 11.6 Å². The van der Waals surface area contributed by atoms with Crippen molar-refractivity contribution in [2.75, 3.05) is 23.3 Å². The first-order valence-electron chi connectivity index (χ1n) is 8.07. The normalized spacial score (nSPS) is 15.3. The summed E-state index contributed by atoms with van der Waals surface area (Å²) in [5, 5.41) is 3.09. The van der Waals surface area contributed by atoms with Crippen molar-refractivity contribution in [1.82, 2.24) is 9.97 Å². The molecule has 0 unspecified atom stereocenters. The number of aromatic nitrogens is 2. The monoisotopic (exact) mass is 370 g/mol. The van der Waals surface area contributed by atoms with Gasteiger partial charge in [-0.25, -0.2) is 9.97 Å². The van der Waals surface area contributed by atoms with Gasteiger partial charge in [-0.15, -0.1) is 0 Å². The molecule has 0 saturated carbocycles. The number of piperidine rings is 1. The molecule has 0 atom stereocenters. The minimum Gasteiger partial charge on any atom is -0.356 e. The van der Waals surface area contributed by atoms with Crippen molar-refractivity contribution in [2.45, 2.75) is 32.4 Å². The number of rotatable bonds is 3. The Morgan fingerprint density at radius 2 is 1.80 bits per heavy atom. The van der Waals surface area contributed by atoms with E-state index in [4.69, 9.17) is 11.6 Å². The molecule has 1 aromatic carbocycles. The van der Waals surface area contributed by atoms with Gasteiger partial charge in [0, 0.05) is 19.2 Å². The lowest BCUT2D eigenvalue weighted by Gasteiger charge is -2.28. The van der Waals surface area contributed by atoms with Crippen molar-refractivity contribution < 1.29 is 13.2 Å². The van der Waals surface area contributed by atoms with Crippen molar-refractivity contribution in [3.63, 3.8) is 0 Å². The molecule has 3 rings (SSSR count). The number of benzene rings is 1. The van der Waals surface area contributed by atoms with Gasteiger partial charge in [-0.1, -0.05) is 11.6 Å². The molecule has 1 saturated heterocycles. The second-order valence-corrected chi connectivity index (χ2v) is 6.43. The molecule has 134 valence electrons. The minimum absolute atomic E-state index is 0.166. The molecule has 2 heterocycles. The summed E-state index contributed by atoms with van der Waals surface area (Å²) in [6.07, 6.45) is -1.02. The molecule has 1 fully saturated rings. The smallest absolute Gasteiger partial charge is 0.356 e. The summed E-state index contributed by atoms with van der Waals surface area (Å²) in [6, 6.07) is 4.92. The van der Waals surface area contributed by atoms with E-state index in [1.165, 1.54) is 12.5 Å². The molecule has 1 N–H and O–H groups in total. The molecule has 0 aliphatic carbocycles. The molecule has 0 bridgehead atoms. The quantitative estimate of drug-likeness (QED) is 0.807. The summed E-state index contributed by atoms with van der Waals surface area (Å²) in [7, 11) is 0. The molecular weight excluding hydrogens is 353 g/mol. The Balaban J connectivity index is 1.89. The molecule has 0 amide bonds. The van der Waals surface area contributed by atoms with Crippen molar-refractivity contribution >= 4 is 28.9 Å². The molecule has 0 spiro atoms. The van der Waals surface area contributed by atoms with Crippen molar-refractivity contribution in [1.29, 1.82) is 0 Å². The number of nitrogens with one attached hydrogen (secondary N) is 1. The summed E-state index contributed by atoms with van der Waals surface area (Å²) in [5.74, 6) is 1.75. The van der Waals surface area contributed by atoms with Crippen LogP contribution in [0.25, 0.3) is 0 Å².